The van der Waals surface area contributed by atoms with Crippen LogP contribution in [-0.4, -0.2) is 49.2 Å². The van der Waals surface area contributed by atoms with Crippen LogP contribution in [0.25, 0.3) is 0 Å². The van der Waals surface area contributed by atoms with Gasteiger partial charge in [0, 0.05) is 26.2 Å². The van der Waals surface area contributed by atoms with Gasteiger partial charge in [-0.3, -0.25) is 5.43 Å². The summed E-state index contributed by atoms with van der Waals surface area (Å²) in [6, 6.07) is 2.17. The molecule has 2 rings (SSSR count). The minimum absolute atomic E-state index is 0.0431. The van der Waals surface area contributed by atoms with Crippen molar-refractivity contribution in [1.82, 2.24) is 15.3 Å². The van der Waals surface area contributed by atoms with Crippen LogP contribution in [0.15, 0.2) is 18.2 Å². The molecule has 1 aliphatic heterocycles. The van der Waals surface area contributed by atoms with E-state index < -0.39 is 17.8 Å². The van der Waals surface area contributed by atoms with E-state index in [1.807, 2.05) is 7.05 Å². The number of amides is 2. The molecule has 1 saturated heterocycles. The van der Waals surface area contributed by atoms with Crippen molar-refractivity contribution in [3.8, 4) is 0 Å². The third-order valence-corrected chi connectivity index (χ3v) is 3.63. The zero-order valence-corrected chi connectivity index (χ0v) is 12.6. The molecule has 0 aliphatic carbocycles. The molecule has 0 unspecified atom stereocenters. The Labute approximate surface area is 131 Å². The normalized spacial score (nSPS) is 17.3. The molecule has 0 saturated carbocycles. The second-order valence-electron chi connectivity index (χ2n) is 5.05. The predicted molar refractivity (Wildman–Crippen MR) is 77.7 cm³/mol. The number of carbonyl (C=O) groups excluding carboxylic acids is 1. The summed E-state index contributed by atoms with van der Waals surface area (Å²) in [5, 5.41) is 4.09. The molecular formula is C13H16ClF3N4O. The number of alkyl halides is 3. The monoisotopic (exact) mass is 336 g/mol. The van der Waals surface area contributed by atoms with Crippen molar-refractivity contribution < 1.29 is 18.0 Å². The van der Waals surface area contributed by atoms with Gasteiger partial charge in [-0.25, -0.2) is 9.80 Å². The number of likely N-dealkylation sites (N-methyl/N-ethyl adjacent to an activating group) is 1. The van der Waals surface area contributed by atoms with Crippen LogP contribution in [-0.2, 0) is 6.18 Å². The molecule has 22 heavy (non-hydrogen) atoms. The fourth-order valence-electron chi connectivity index (χ4n) is 2.01. The highest BCUT2D eigenvalue weighted by atomic mass is 35.5. The number of hydrogen-bond donors (Lipinski definition) is 2. The van der Waals surface area contributed by atoms with Gasteiger partial charge in [0.05, 0.1) is 16.3 Å². The lowest BCUT2D eigenvalue weighted by Crippen LogP contribution is -2.53. The van der Waals surface area contributed by atoms with Crippen LogP contribution >= 0.6 is 11.6 Å². The molecule has 2 N–H and O–H groups in total. The number of nitrogens with zero attached hydrogens (tertiary/aromatic N) is 2. The maximum atomic E-state index is 12.7. The van der Waals surface area contributed by atoms with Crippen LogP contribution in [0.3, 0.4) is 0 Å². The molecule has 5 nitrogen and oxygen atoms in total. The van der Waals surface area contributed by atoms with E-state index in [4.69, 9.17) is 11.6 Å². The van der Waals surface area contributed by atoms with E-state index in [2.05, 4.69) is 15.6 Å². The summed E-state index contributed by atoms with van der Waals surface area (Å²) in [6.45, 7) is 2.87. The van der Waals surface area contributed by atoms with Crippen LogP contribution in [0.2, 0.25) is 5.02 Å². The molecule has 0 bridgehead atoms. The number of urea groups is 1. The van der Waals surface area contributed by atoms with Crippen molar-refractivity contribution in [2.75, 3.05) is 38.5 Å². The number of nitrogens with one attached hydrogen (secondary N) is 2. The molecule has 0 radical (unpaired) electrons. The van der Waals surface area contributed by atoms with Crippen molar-refractivity contribution in [3.05, 3.63) is 28.8 Å². The second kappa shape index (κ2) is 6.72. The molecule has 0 aromatic heterocycles. The standard InChI is InChI=1S/C13H16ClF3N4O/c1-20-4-6-21(7-5-20)19-12(22)18-11-8-9(13(15,16)17)2-3-10(11)14/h2-3,8H,4-7H2,1H3,(H2,18,19,22). The Bertz CT molecular complexity index is 545. The SMILES string of the molecule is CN1CCN(NC(=O)Nc2cc(C(F)(F)F)ccc2Cl)CC1. The summed E-state index contributed by atoms with van der Waals surface area (Å²) in [4.78, 5) is 14.0. The smallest absolute Gasteiger partial charge is 0.305 e. The number of piperazine rings is 1. The molecule has 2 amide bonds. The zero-order valence-electron chi connectivity index (χ0n) is 11.9. The predicted octanol–water partition coefficient (Wildman–Crippen LogP) is 2.64. The van der Waals surface area contributed by atoms with Crippen LogP contribution in [0.4, 0.5) is 23.7 Å². The Morgan fingerprint density at radius 2 is 1.86 bits per heavy atom. The fourth-order valence-corrected chi connectivity index (χ4v) is 2.17. The van der Waals surface area contributed by atoms with Crippen LogP contribution in [0.1, 0.15) is 5.56 Å². The van der Waals surface area contributed by atoms with Gasteiger partial charge in [0.15, 0.2) is 0 Å². The highest BCUT2D eigenvalue weighted by Crippen LogP contribution is 2.33. The summed E-state index contributed by atoms with van der Waals surface area (Å²) in [5.41, 5.74) is 1.64. The molecule has 1 aromatic rings. The van der Waals surface area contributed by atoms with E-state index >= 15 is 0 Å². The van der Waals surface area contributed by atoms with Gasteiger partial charge in [-0.15, -0.1) is 0 Å². The second-order valence-corrected chi connectivity index (χ2v) is 5.46. The summed E-state index contributed by atoms with van der Waals surface area (Å²) in [6.07, 6.45) is -4.49. The average molecular weight is 337 g/mol. The minimum Gasteiger partial charge on any atom is -0.305 e. The molecule has 1 aliphatic rings. The van der Waals surface area contributed by atoms with Gasteiger partial charge in [0.1, 0.15) is 0 Å². The van der Waals surface area contributed by atoms with E-state index in [0.717, 1.165) is 31.3 Å². The van der Waals surface area contributed by atoms with Crippen LogP contribution < -0.4 is 10.7 Å². The lowest BCUT2D eigenvalue weighted by molar-refractivity contribution is -0.137. The largest absolute Gasteiger partial charge is 0.416 e. The number of benzene rings is 1. The Hall–Kier alpha value is -1.51. The van der Waals surface area contributed by atoms with Crippen LogP contribution in [0.5, 0.6) is 0 Å². The molecule has 0 atom stereocenters. The number of hydrogen-bond acceptors (Lipinski definition) is 3. The number of rotatable bonds is 2. The van der Waals surface area contributed by atoms with Crippen LogP contribution in [0, 0.1) is 0 Å². The van der Waals surface area contributed by atoms with Gasteiger partial charge in [-0.2, -0.15) is 13.2 Å². The van der Waals surface area contributed by atoms with E-state index in [-0.39, 0.29) is 10.7 Å². The van der Waals surface area contributed by atoms with E-state index in [0.29, 0.717) is 13.1 Å². The molecular weight excluding hydrogens is 321 g/mol. The fraction of sp³-hybridized carbons (Fsp3) is 0.462. The first-order valence-corrected chi connectivity index (χ1v) is 7.01. The molecule has 122 valence electrons. The van der Waals surface area contributed by atoms with Crippen molar-refractivity contribution in [2.45, 2.75) is 6.18 Å². The van der Waals surface area contributed by atoms with Gasteiger partial charge in [0.25, 0.3) is 0 Å². The lowest BCUT2D eigenvalue weighted by Gasteiger charge is -2.32. The van der Waals surface area contributed by atoms with Crippen molar-refractivity contribution in [2.24, 2.45) is 0 Å². The van der Waals surface area contributed by atoms with Crippen molar-refractivity contribution >= 4 is 23.3 Å². The Morgan fingerprint density at radius 1 is 1.23 bits per heavy atom. The number of carbonyl (C=O) groups is 1. The van der Waals surface area contributed by atoms with Gasteiger partial charge < -0.3 is 10.2 Å². The quantitative estimate of drug-likeness (QED) is 0.873. The maximum Gasteiger partial charge on any atom is 0.416 e. The third kappa shape index (κ3) is 4.49. The summed E-state index contributed by atoms with van der Waals surface area (Å²) in [5.74, 6) is 0. The number of anilines is 1. The molecule has 1 aromatic carbocycles. The number of halogens is 4. The molecule has 1 heterocycles. The minimum atomic E-state index is -4.49. The first kappa shape index (κ1) is 16.9. The van der Waals surface area contributed by atoms with E-state index in [9.17, 15) is 18.0 Å². The Balaban J connectivity index is 1.99. The Kier molecular flexibility index (Phi) is 5.15. The van der Waals surface area contributed by atoms with Gasteiger partial charge in [-0.05, 0) is 25.2 Å². The molecule has 1 fully saturated rings. The lowest BCUT2D eigenvalue weighted by atomic mass is 10.2. The maximum absolute atomic E-state index is 12.7. The van der Waals surface area contributed by atoms with Crippen molar-refractivity contribution in [3.63, 3.8) is 0 Å². The summed E-state index contributed by atoms with van der Waals surface area (Å²) < 4.78 is 38.0. The average Bonchev–Trinajstić information content (AvgIpc) is 2.42. The van der Waals surface area contributed by atoms with Gasteiger partial charge in [-0.1, -0.05) is 11.6 Å². The Morgan fingerprint density at radius 3 is 2.45 bits per heavy atom. The van der Waals surface area contributed by atoms with Gasteiger partial charge in [0.2, 0.25) is 0 Å². The zero-order chi connectivity index (χ0) is 16.3. The topological polar surface area (TPSA) is 47.6 Å². The van der Waals surface area contributed by atoms with E-state index in [1.54, 1.807) is 5.01 Å². The highest BCUT2D eigenvalue weighted by Gasteiger charge is 2.31. The number of hydrazine groups is 1. The molecule has 0 spiro atoms. The summed E-state index contributed by atoms with van der Waals surface area (Å²) in [7, 11) is 1.97. The third-order valence-electron chi connectivity index (χ3n) is 3.30. The highest BCUT2D eigenvalue weighted by molar-refractivity contribution is 6.33. The summed E-state index contributed by atoms with van der Waals surface area (Å²) >= 11 is 5.82. The van der Waals surface area contributed by atoms with Gasteiger partial charge >= 0.3 is 12.2 Å². The first-order chi connectivity index (χ1) is 10.3. The first-order valence-electron chi connectivity index (χ1n) is 6.63. The van der Waals surface area contributed by atoms with Crippen molar-refractivity contribution in [1.29, 1.82) is 0 Å². The molecule has 9 heteroatoms. The van der Waals surface area contributed by atoms with E-state index in [1.165, 1.54) is 0 Å².